The Kier molecular flexibility index (Phi) is 5.70. The Balaban J connectivity index is 1.12. The molecule has 0 N–H and O–H groups in total. The van der Waals surface area contributed by atoms with Crippen LogP contribution in [-0.4, -0.2) is 14.5 Å². The molecule has 0 saturated heterocycles. The van der Waals surface area contributed by atoms with E-state index in [-0.39, 0.29) is 5.41 Å². The molecule has 3 aromatic heterocycles. The van der Waals surface area contributed by atoms with Crippen molar-refractivity contribution in [1.82, 2.24) is 14.5 Å². The molecular formula is C47H31N3O. The smallest absolute Gasteiger partial charge is 0.161 e. The topological polar surface area (TPSA) is 43.9 Å². The van der Waals surface area contributed by atoms with Crippen LogP contribution in [0.4, 0.5) is 0 Å². The minimum atomic E-state index is -0.265. The van der Waals surface area contributed by atoms with Crippen LogP contribution in [0.15, 0.2) is 156 Å². The predicted molar refractivity (Wildman–Crippen MR) is 210 cm³/mol. The lowest BCUT2D eigenvalue weighted by molar-refractivity contribution is 0.630. The van der Waals surface area contributed by atoms with Gasteiger partial charge in [-0.05, 0) is 81.6 Å². The van der Waals surface area contributed by atoms with E-state index in [0.717, 1.165) is 60.9 Å². The lowest BCUT2D eigenvalue weighted by atomic mass is 9.74. The van der Waals surface area contributed by atoms with Gasteiger partial charge in [-0.15, -0.1) is 0 Å². The van der Waals surface area contributed by atoms with Gasteiger partial charge in [0.25, 0.3) is 0 Å². The van der Waals surface area contributed by atoms with Gasteiger partial charge in [-0.1, -0.05) is 117 Å². The summed E-state index contributed by atoms with van der Waals surface area (Å²) in [5, 5.41) is 5.78. The molecule has 10 aromatic rings. The molecule has 4 nitrogen and oxygen atoms in total. The molecule has 1 aliphatic heterocycles. The summed E-state index contributed by atoms with van der Waals surface area (Å²) in [5.74, 6) is 0.716. The van der Waals surface area contributed by atoms with Gasteiger partial charge in [0.15, 0.2) is 11.4 Å². The van der Waals surface area contributed by atoms with Crippen LogP contribution in [0.2, 0.25) is 0 Å². The zero-order valence-corrected chi connectivity index (χ0v) is 28.2. The molecule has 0 radical (unpaired) electrons. The standard InChI is InChI=1S/C47H31N3O/c1-47(2)37-21-11-20-36-43(37)50(44-35-18-6-8-23-41(35)51-45(36)44)40-25-24-31(27-38(40)47)46-48-39-22-7-5-17-34(39)42(49-46)30-15-9-14-29(26-30)33-19-10-13-28-12-3-4-16-32(28)33/h3-27H,1-2H3. The number of para-hydroxylation sites is 3. The fourth-order valence-corrected chi connectivity index (χ4v) is 8.51. The van der Waals surface area contributed by atoms with Crippen molar-refractivity contribution in [2.24, 2.45) is 0 Å². The monoisotopic (exact) mass is 653 g/mol. The summed E-state index contributed by atoms with van der Waals surface area (Å²) in [6.45, 7) is 4.65. The first-order valence-corrected chi connectivity index (χ1v) is 17.5. The van der Waals surface area contributed by atoms with E-state index in [1.165, 1.54) is 38.5 Å². The molecule has 0 unspecified atom stereocenters. The maximum atomic E-state index is 6.52. The first-order valence-electron chi connectivity index (χ1n) is 17.5. The van der Waals surface area contributed by atoms with Crippen LogP contribution in [0.1, 0.15) is 25.0 Å². The van der Waals surface area contributed by atoms with Gasteiger partial charge in [0.05, 0.1) is 22.4 Å². The van der Waals surface area contributed by atoms with Gasteiger partial charge >= 0.3 is 0 Å². The van der Waals surface area contributed by atoms with E-state index < -0.39 is 0 Å². The molecule has 4 heterocycles. The van der Waals surface area contributed by atoms with Crippen molar-refractivity contribution in [3.8, 4) is 39.5 Å². The quantitative estimate of drug-likeness (QED) is 0.191. The maximum Gasteiger partial charge on any atom is 0.161 e. The highest BCUT2D eigenvalue weighted by molar-refractivity contribution is 6.18. The van der Waals surface area contributed by atoms with Crippen LogP contribution >= 0.6 is 0 Å². The number of aromatic nitrogens is 3. The lowest BCUT2D eigenvalue weighted by Crippen LogP contribution is -2.26. The number of hydrogen-bond donors (Lipinski definition) is 0. The van der Waals surface area contributed by atoms with Gasteiger partial charge in [0, 0.05) is 32.7 Å². The molecule has 0 aliphatic carbocycles. The molecule has 0 saturated carbocycles. The summed E-state index contributed by atoms with van der Waals surface area (Å²) in [4.78, 5) is 10.5. The molecule has 1 aliphatic rings. The van der Waals surface area contributed by atoms with E-state index in [1.54, 1.807) is 0 Å². The Morgan fingerprint density at radius 2 is 1.25 bits per heavy atom. The average Bonchev–Trinajstić information content (AvgIpc) is 3.72. The highest BCUT2D eigenvalue weighted by Gasteiger charge is 2.36. The fraction of sp³-hybridized carbons (Fsp3) is 0.0638. The van der Waals surface area contributed by atoms with Crippen molar-refractivity contribution < 1.29 is 4.42 Å². The van der Waals surface area contributed by atoms with Crippen molar-refractivity contribution in [3.63, 3.8) is 0 Å². The molecule has 51 heavy (non-hydrogen) atoms. The molecule has 4 heteroatoms. The maximum absolute atomic E-state index is 6.52. The Hall–Kier alpha value is -6.52. The number of fused-ring (bicyclic) bond motifs is 9. The first-order chi connectivity index (χ1) is 25.0. The third-order valence-electron chi connectivity index (χ3n) is 11.0. The third-order valence-corrected chi connectivity index (χ3v) is 11.0. The molecule has 0 bridgehead atoms. The molecule has 0 spiro atoms. The minimum Gasteiger partial charge on any atom is -0.454 e. The molecule has 0 fully saturated rings. The lowest BCUT2D eigenvalue weighted by Gasteiger charge is -2.35. The number of furan rings is 1. The van der Waals surface area contributed by atoms with Gasteiger partial charge in [-0.25, -0.2) is 9.97 Å². The summed E-state index contributed by atoms with van der Waals surface area (Å²) in [6.07, 6.45) is 0. The van der Waals surface area contributed by atoms with Gasteiger partial charge in [0.2, 0.25) is 0 Å². The Morgan fingerprint density at radius 3 is 2.18 bits per heavy atom. The van der Waals surface area contributed by atoms with Crippen LogP contribution in [0.5, 0.6) is 0 Å². The highest BCUT2D eigenvalue weighted by Crippen LogP contribution is 2.50. The van der Waals surface area contributed by atoms with Crippen molar-refractivity contribution in [3.05, 3.63) is 163 Å². The number of hydrogen-bond acceptors (Lipinski definition) is 3. The van der Waals surface area contributed by atoms with E-state index in [2.05, 4.69) is 164 Å². The largest absolute Gasteiger partial charge is 0.454 e. The Bertz CT molecular complexity index is 3070. The van der Waals surface area contributed by atoms with E-state index in [4.69, 9.17) is 14.4 Å². The first kappa shape index (κ1) is 28.3. The highest BCUT2D eigenvalue weighted by atomic mass is 16.3. The second-order valence-electron chi connectivity index (χ2n) is 14.2. The third kappa shape index (κ3) is 3.96. The van der Waals surface area contributed by atoms with E-state index in [1.807, 2.05) is 6.07 Å². The van der Waals surface area contributed by atoms with Gasteiger partial charge < -0.3 is 8.98 Å². The molecule has 7 aromatic carbocycles. The van der Waals surface area contributed by atoms with Crippen molar-refractivity contribution >= 4 is 54.6 Å². The van der Waals surface area contributed by atoms with Crippen LogP contribution in [0.25, 0.3) is 94.1 Å². The summed E-state index contributed by atoms with van der Waals surface area (Å²) < 4.78 is 8.94. The van der Waals surface area contributed by atoms with Gasteiger partial charge in [-0.2, -0.15) is 0 Å². The molecular weight excluding hydrogens is 623 g/mol. The average molecular weight is 654 g/mol. The molecule has 0 atom stereocenters. The normalized spacial score (nSPS) is 13.5. The van der Waals surface area contributed by atoms with Crippen molar-refractivity contribution in [1.29, 1.82) is 0 Å². The SMILES string of the molecule is CC1(C)c2cc(-c3nc(-c4cccc(-c5cccc6ccccc56)c4)c4ccccc4n3)ccc2-n2c3c1cccc3c1oc3ccccc3c12. The zero-order valence-electron chi connectivity index (χ0n) is 28.2. The number of rotatable bonds is 3. The van der Waals surface area contributed by atoms with Crippen LogP contribution in [0, 0.1) is 0 Å². The Labute approximate surface area is 294 Å². The summed E-state index contributed by atoms with van der Waals surface area (Å²) in [5.41, 5.74) is 13.9. The van der Waals surface area contributed by atoms with Crippen molar-refractivity contribution in [2.45, 2.75) is 19.3 Å². The molecule has 0 amide bonds. The number of nitrogens with zero attached hydrogens (tertiary/aromatic N) is 3. The van der Waals surface area contributed by atoms with E-state index >= 15 is 0 Å². The van der Waals surface area contributed by atoms with Gasteiger partial charge in [-0.3, -0.25) is 0 Å². The van der Waals surface area contributed by atoms with Crippen LogP contribution in [-0.2, 0) is 5.41 Å². The van der Waals surface area contributed by atoms with E-state index in [0.29, 0.717) is 5.82 Å². The van der Waals surface area contributed by atoms with Crippen molar-refractivity contribution in [2.75, 3.05) is 0 Å². The second-order valence-corrected chi connectivity index (χ2v) is 14.2. The molecule has 11 rings (SSSR count). The fourth-order valence-electron chi connectivity index (χ4n) is 8.51. The summed E-state index contributed by atoms with van der Waals surface area (Å²) in [6, 6.07) is 53.9. The van der Waals surface area contributed by atoms with E-state index in [9.17, 15) is 0 Å². The zero-order chi connectivity index (χ0) is 33.8. The minimum absolute atomic E-state index is 0.265. The molecule has 240 valence electrons. The van der Waals surface area contributed by atoms with Crippen LogP contribution in [0.3, 0.4) is 0 Å². The summed E-state index contributed by atoms with van der Waals surface area (Å²) in [7, 11) is 0. The predicted octanol–water partition coefficient (Wildman–Crippen LogP) is 12.3. The second kappa shape index (κ2) is 10.3. The van der Waals surface area contributed by atoms with Gasteiger partial charge in [0.1, 0.15) is 11.1 Å². The number of benzene rings is 7. The summed E-state index contributed by atoms with van der Waals surface area (Å²) >= 11 is 0. The van der Waals surface area contributed by atoms with Crippen LogP contribution < -0.4 is 0 Å². The Morgan fingerprint density at radius 1 is 0.529 bits per heavy atom.